The van der Waals surface area contributed by atoms with Crippen LogP contribution in [0.4, 0.5) is 0 Å². The van der Waals surface area contributed by atoms with Gasteiger partial charge in [-0.3, -0.25) is 0 Å². The van der Waals surface area contributed by atoms with Gasteiger partial charge in [-0.1, -0.05) is 118 Å². The molecule has 0 aromatic heterocycles. The highest BCUT2D eigenvalue weighted by Crippen LogP contribution is 2.31. The molecule has 0 rings (SSSR count). The minimum Gasteiger partial charge on any atom is -0.466 e. The fourth-order valence-corrected chi connectivity index (χ4v) is 7.76. The van der Waals surface area contributed by atoms with E-state index in [0.29, 0.717) is 5.92 Å². The van der Waals surface area contributed by atoms with Gasteiger partial charge in [0.15, 0.2) is 8.32 Å². The molecule has 0 radical (unpaired) electrons. The van der Waals surface area contributed by atoms with E-state index in [0.717, 1.165) is 49.4 Å². The number of hydrogen-bond donors (Lipinski definition) is 0. The van der Waals surface area contributed by atoms with Gasteiger partial charge in [0.2, 0.25) is 0 Å². The van der Waals surface area contributed by atoms with Crippen molar-refractivity contribution < 1.29 is 14.0 Å². The Morgan fingerprint density at radius 2 is 1.24 bits per heavy atom. The van der Waals surface area contributed by atoms with E-state index >= 15 is 0 Å². The molecule has 0 amide bonds. The molecule has 0 aliphatic heterocycles. The lowest BCUT2D eigenvalue weighted by Crippen LogP contribution is -2.44. The standard InChI is InChI=1S/C29H58O3Si/c1-8-13-14-15-16-17-18-19-20-21-22-23-25-27(29(30)31-7)28(26(6)24-9-2)32-33(10-3,11-4)12-5/h25-26,28H,8-24H2,1-7H3/b27-25-. The summed E-state index contributed by atoms with van der Waals surface area (Å²) in [4.78, 5) is 12.8. The minimum absolute atomic E-state index is 0.128. The van der Waals surface area contributed by atoms with Gasteiger partial charge >= 0.3 is 5.97 Å². The van der Waals surface area contributed by atoms with E-state index in [4.69, 9.17) is 9.16 Å². The summed E-state index contributed by atoms with van der Waals surface area (Å²) in [6.45, 7) is 13.5. The topological polar surface area (TPSA) is 35.5 Å². The molecule has 33 heavy (non-hydrogen) atoms. The lowest BCUT2D eigenvalue weighted by atomic mass is 9.92. The summed E-state index contributed by atoms with van der Waals surface area (Å²) in [5.41, 5.74) is 0.776. The summed E-state index contributed by atoms with van der Waals surface area (Å²) < 4.78 is 12.1. The molecule has 0 heterocycles. The maximum atomic E-state index is 12.8. The molecule has 2 atom stereocenters. The van der Waals surface area contributed by atoms with Gasteiger partial charge < -0.3 is 9.16 Å². The van der Waals surface area contributed by atoms with Crippen LogP contribution < -0.4 is 0 Å². The first-order valence-corrected chi connectivity index (χ1v) is 16.9. The average Bonchev–Trinajstić information content (AvgIpc) is 2.83. The van der Waals surface area contributed by atoms with Crippen molar-refractivity contribution in [3.8, 4) is 0 Å². The van der Waals surface area contributed by atoms with Gasteiger partial charge in [-0.05, 0) is 43.3 Å². The molecule has 0 saturated carbocycles. The molecule has 0 aromatic carbocycles. The molecule has 0 N–H and O–H groups in total. The largest absolute Gasteiger partial charge is 0.466 e. The highest BCUT2D eigenvalue weighted by molar-refractivity contribution is 6.73. The first-order chi connectivity index (χ1) is 15.9. The molecule has 0 aromatic rings. The third kappa shape index (κ3) is 13.8. The van der Waals surface area contributed by atoms with Crippen molar-refractivity contribution in [2.75, 3.05) is 7.11 Å². The molecular weight excluding hydrogens is 424 g/mol. The molecule has 3 nitrogen and oxygen atoms in total. The fraction of sp³-hybridized carbons (Fsp3) is 0.897. The van der Waals surface area contributed by atoms with Gasteiger partial charge in [-0.15, -0.1) is 0 Å². The van der Waals surface area contributed by atoms with Gasteiger partial charge in [0.1, 0.15) is 0 Å². The van der Waals surface area contributed by atoms with Gasteiger partial charge in [-0.2, -0.15) is 0 Å². The summed E-state index contributed by atoms with van der Waals surface area (Å²) >= 11 is 0. The Morgan fingerprint density at radius 1 is 0.758 bits per heavy atom. The van der Waals surface area contributed by atoms with Crippen LogP contribution in [0.25, 0.3) is 0 Å². The summed E-state index contributed by atoms with van der Waals surface area (Å²) in [5.74, 6) is 0.131. The first-order valence-electron chi connectivity index (χ1n) is 14.4. The third-order valence-electron chi connectivity index (χ3n) is 7.47. The van der Waals surface area contributed by atoms with Gasteiger partial charge in [0.05, 0.1) is 18.8 Å². The maximum absolute atomic E-state index is 12.8. The van der Waals surface area contributed by atoms with Gasteiger partial charge in [-0.25, -0.2) is 4.79 Å². The van der Waals surface area contributed by atoms with Crippen molar-refractivity contribution in [1.82, 2.24) is 0 Å². The highest BCUT2D eigenvalue weighted by Gasteiger charge is 2.37. The van der Waals surface area contributed by atoms with Crippen LogP contribution in [0, 0.1) is 5.92 Å². The van der Waals surface area contributed by atoms with E-state index in [9.17, 15) is 4.79 Å². The Morgan fingerprint density at radius 3 is 1.67 bits per heavy atom. The number of ether oxygens (including phenoxy) is 1. The normalized spacial score (nSPS) is 14.3. The number of allylic oxidation sites excluding steroid dienone is 1. The molecule has 4 heteroatoms. The number of rotatable bonds is 22. The van der Waals surface area contributed by atoms with Crippen molar-refractivity contribution in [2.24, 2.45) is 5.92 Å². The molecule has 0 aliphatic carbocycles. The molecule has 0 fully saturated rings. The molecule has 196 valence electrons. The lowest BCUT2D eigenvalue weighted by molar-refractivity contribution is -0.137. The number of esters is 1. The fourth-order valence-electron chi connectivity index (χ4n) is 4.86. The predicted molar refractivity (Wildman–Crippen MR) is 147 cm³/mol. The molecule has 0 aliphatic rings. The van der Waals surface area contributed by atoms with Crippen LogP contribution >= 0.6 is 0 Å². The van der Waals surface area contributed by atoms with Crippen molar-refractivity contribution in [3.05, 3.63) is 11.6 Å². The van der Waals surface area contributed by atoms with E-state index in [1.54, 1.807) is 0 Å². The Labute approximate surface area is 208 Å². The van der Waals surface area contributed by atoms with Crippen molar-refractivity contribution in [2.45, 2.75) is 156 Å². The van der Waals surface area contributed by atoms with Gasteiger partial charge in [0.25, 0.3) is 0 Å². The lowest BCUT2D eigenvalue weighted by Gasteiger charge is -2.36. The summed E-state index contributed by atoms with van der Waals surface area (Å²) in [6, 6.07) is 3.30. The zero-order valence-corrected chi connectivity index (χ0v) is 24.5. The third-order valence-corrected chi connectivity index (χ3v) is 12.1. The van der Waals surface area contributed by atoms with Crippen molar-refractivity contribution in [1.29, 1.82) is 0 Å². The monoisotopic (exact) mass is 482 g/mol. The number of methoxy groups -OCH3 is 1. The average molecular weight is 483 g/mol. The number of carbonyl (C=O) groups is 1. The summed E-state index contributed by atoms with van der Waals surface area (Å²) in [7, 11) is -0.322. The second-order valence-electron chi connectivity index (χ2n) is 10.0. The van der Waals surface area contributed by atoms with Crippen LogP contribution in [-0.2, 0) is 14.0 Å². The Balaban J connectivity index is 4.85. The maximum Gasteiger partial charge on any atom is 0.336 e. The van der Waals surface area contributed by atoms with Crippen LogP contribution in [-0.4, -0.2) is 27.5 Å². The first kappa shape index (κ1) is 32.4. The Hall–Kier alpha value is -0.613. The molecule has 0 bridgehead atoms. The summed E-state index contributed by atoms with van der Waals surface area (Å²) in [6.07, 6.45) is 19.9. The predicted octanol–water partition coefficient (Wildman–Crippen LogP) is 9.61. The van der Waals surface area contributed by atoms with E-state index in [1.165, 1.54) is 71.3 Å². The zero-order chi connectivity index (χ0) is 25.0. The van der Waals surface area contributed by atoms with Crippen molar-refractivity contribution >= 4 is 14.3 Å². The second-order valence-corrected chi connectivity index (χ2v) is 14.7. The second kappa shape index (κ2) is 20.7. The Kier molecular flexibility index (Phi) is 20.3. The number of carbonyl (C=O) groups excluding carboxylic acids is 1. The van der Waals surface area contributed by atoms with Gasteiger partial charge in [0, 0.05) is 0 Å². The molecular formula is C29H58O3Si. The van der Waals surface area contributed by atoms with E-state index in [-0.39, 0.29) is 12.1 Å². The van der Waals surface area contributed by atoms with Crippen LogP contribution in [0.15, 0.2) is 11.6 Å². The highest BCUT2D eigenvalue weighted by atomic mass is 28.4. The van der Waals surface area contributed by atoms with Crippen molar-refractivity contribution in [3.63, 3.8) is 0 Å². The quantitative estimate of drug-likeness (QED) is 0.0666. The SMILES string of the molecule is CCCCCCCCCCCCC/C=C(\C(=O)OC)C(O[Si](CC)(CC)CC)C(C)CCC. The van der Waals surface area contributed by atoms with Crippen LogP contribution in [0.3, 0.4) is 0 Å². The molecule has 0 saturated heterocycles. The number of unbranched alkanes of at least 4 members (excludes halogenated alkanes) is 11. The Bertz CT molecular complexity index is 491. The van der Waals surface area contributed by atoms with E-state index in [1.807, 2.05) is 0 Å². The molecule has 2 unspecified atom stereocenters. The van der Waals surface area contributed by atoms with Crippen LogP contribution in [0.5, 0.6) is 0 Å². The zero-order valence-electron chi connectivity index (χ0n) is 23.5. The summed E-state index contributed by atoms with van der Waals surface area (Å²) in [5, 5.41) is 0. The van der Waals surface area contributed by atoms with E-state index in [2.05, 4.69) is 47.6 Å². The van der Waals surface area contributed by atoms with E-state index < -0.39 is 8.32 Å². The molecule has 0 spiro atoms. The number of hydrogen-bond acceptors (Lipinski definition) is 3. The van der Waals surface area contributed by atoms with Crippen LogP contribution in [0.1, 0.15) is 131 Å². The smallest absolute Gasteiger partial charge is 0.336 e. The van der Waals surface area contributed by atoms with Crippen LogP contribution in [0.2, 0.25) is 18.1 Å². The minimum atomic E-state index is -1.83.